The molecule has 0 aliphatic heterocycles. The molecule has 10 nitrogen and oxygen atoms in total. The maximum Gasteiger partial charge on any atom is 0.162 e. The molecule has 0 bridgehead atoms. The van der Waals surface area contributed by atoms with Crippen molar-refractivity contribution in [2.24, 2.45) is 0 Å². The van der Waals surface area contributed by atoms with Gasteiger partial charge in [0.1, 0.15) is 23.1 Å². The van der Waals surface area contributed by atoms with Gasteiger partial charge in [0.05, 0.1) is 44.6 Å². The van der Waals surface area contributed by atoms with Crippen molar-refractivity contribution in [3.05, 3.63) is 222 Å². The molecule has 0 radical (unpaired) electrons. The lowest BCUT2D eigenvalue weighted by atomic mass is 10.0. The Kier molecular flexibility index (Phi) is 14.1. The quantitative estimate of drug-likeness (QED) is 0.113. The molecule has 0 saturated carbocycles. The summed E-state index contributed by atoms with van der Waals surface area (Å²) in [6, 6.07) is 68.8. The predicted octanol–water partition coefficient (Wildman–Crippen LogP) is 15.9. The van der Waals surface area contributed by atoms with Gasteiger partial charge in [-0.15, -0.1) is 0 Å². The molecule has 0 fully saturated rings. The second-order valence-electron chi connectivity index (χ2n) is 18.0. The Bertz CT molecular complexity index is 4110. The number of nitrogens with two attached hydrogens (primary N) is 1. The van der Waals surface area contributed by atoms with Crippen molar-refractivity contribution in [2.45, 2.75) is 40.8 Å². The Morgan fingerprint density at radius 3 is 1.41 bits per heavy atom. The summed E-state index contributed by atoms with van der Waals surface area (Å²) in [5.41, 5.74) is 21.1. The van der Waals surface area contributed by atoms with Crippen LogP contribution in [-0.4, -0.2) is 29.1 Å². The number of anilines is 3. The first-order chi connectivity index (χ1) is 36.7. The zero-order chi connectivity index (χ0) is 52.0. The molecule has 11 heteroatoms. The summed E-state index contributed by atoms with van der Waals surface area (Å²) in [4.78, 5) is 18.5. The zero-order valence-corrected chi connectivity index (χ0v) is 42.7. The summed E-state index contributed by atoms with van der Waals surface area (Å²) >= 11 is 6.16. The van der Waals surface area contributed by atoms with Crippen molar-refractivity contribution < 1.29 is 0 Å². The van der Waals surface area contributed by atoms with Gasteiger partial charge >= 0.3 is 0 Å². The highest BCUT2D eigenvalue weighted by atomic mass is 35.5. The van der Waals surface area contributed by atoms with Gasteiger partial charge in [0.15, 0.2) is 11.6 Å². The molecule has 4 heterocycles. The van der Waals surface area contributed by atoms with Crippen LogP contribution in [0.25, 0.3) is 88.9 Å². The molecule has 0 aliphatic carbocycles. The van der Waals surface area contributed by atoms with Crippen LogP contribution in [0, 0.1) is 36.5 Å². The van der Waals surface area contributed by atoms with Crippen molar-refractivity contribution in [3.8, 4) is 57.4 Å². The third kappa shape index (κ3) is 9.99. The molecule has 364 valence electrons. The smallest absolute Gasteiger partial charge is 0.162 e. The monoisotopic (exact) mass is 994 g/mol. The molecule has 12 aromatic rings. The summed E-state index contributed by atoms with van der Waals surface area (Å²) in [5.74, 6) is 2.10. The van der Waals surface area contributed by atoms with E-state index in [1.54, 1.807) is 0 Å². The van der Waals surface area contributed by atoms with E-state index in [-0.39, 0.29) is 0 Å². The van der Waals surface area contributed by atoms with Crippen LogP contribution in [0.5, 0.6) is 0 Å². The molecule has 75 heavy (non-hydrogen) atoms. The highest BCUT2D eigenvalue weighted by molar-refractivity contribution is 6.34. The fraction of sp³-hybridized carbons (Fsp3) is 0.0938. The lowest BCUT2D eigenvalue weighted by Crippen LogP contribution is -2.00. The molecular weight excluding hydrogens is 944 g/mol. The number of hydrogen-bond donors (Lipinski definition) is 2. The highest BCUT2D eigenvalue weighted by Gasteiger charge is 2.20. The molecule has 0 unspecified atom stereocenters. The van der Waals surface area contributed by atoms with Crippen LogP contribution in [-0.2, 0) is 13.1 Å². The molecule has 0 saturated heterocycles. The topological polar surface area (TPSA) is 147 Å². The van der Waals surface area contributed by atoms with Crippen molar-refractivity contribution in [3.63, 3.8) is 0 Å². The van der Waals surface area contributed by atoms with Crippen LogP contribution in [0.2, 0.25) is 5.15 Å². The standard InChI is InChI=1S/C32H25N5.C18H17N3.C14H9ClN2/c1-3-37-29-19-21(2)13-18-25(29)27(20-33)30(37)22-14-16-24(17-15-22)34-32-26-11-7-8-12-28(26)35-31(36-32)23-9-5-4-6-10-23;1-3-21-17-10-12(2)4-9-15(17)16(11-19)18(21)13-5-7-14(20)8-6-13;15-13-11-8-4-5-9-12(11)16-14(17-13)10-6-2-1-3-7-10/h4-19H,3H2,1-2H3,(H,34,35,36);4-10H,3,20H2,1-2H3;1-9H. The number of aromatic nitrogens is 6. The lowest BCUT2D eigenvalue weighted by Gasteiger charge is -2.13. The fourth-order valence-corrected chi connectivity index (χ4v) is 9.77. The maximum absolute atomic E-state index is 10.0. The first-order valence-corrected chi connectivity index (χ1v) is 25.1. The van der Waals surface area contributed by atoms with Crippen molar-refractivity contribution in [1.82, 2.24) is 29.1 Å². The van der Waals surface area contributed by atoms with Crippen LogP contribution >= 0.6 is 11.6 Å². The van der Waals surface area contributed by atoms with Gasteiger partial charge in [0, 0.05) is 57.1 Å². The summed E-state index contributed by atoms with van der Waals surface area (Å²) in [7, 11) is 0. The number of benzene rings is 8. The van der Waals surface area contributed by atoms with Crippen molar-refractivity contribution >= 4 is 72.4 Å². The van der Waals surface area contributed by atoms with Crippen LogP contribution in [0.4, 0.5) is 17.2 Å². The van der Waals surface area contributed by atoms with E-state index in [4.69, 9.17) is 27.3 Å². The van der Waals surface area contributed by atoms with E-state index in [1.165, 1.54) is 11.1 Å². The molecule has 4 aromatic heterocycles. The molecular formula is C64H51ClN10. The minimum atomic E-state index is 0.495. The van der Waals surface area contributed by atoms with Crippen molar-refractivity contribution in [2.75, 3.05) is 11.1 Å². The van der Waals surface area contributed by atoms with E-state index in [2.05, 4.69) is 107 Å². The molecule has 8 aromatic carbocycles. The Balaban J connectivity index is 0.000000142. The summed E-state index contributed by atoms with van der Waals surface area (Å²) < 4.78 is 4.43. The largest absolute Gasteiger partial charge is 0.399 e. The number of fused-ring (bicyclic) bond motifs is 4. The van der Waals surface area contributed by atoms with Gasteiger partial charge < -0.3 is 20.2 Å². The van der Waals surface area contributed by atoms with Crippen LogP contribution in [0.3, 0.4) is 0 Å². The van der Waals surface area contributed by atoms with E-state index in [1.807, 2.05) is 152 Å². The first-order valence-electron chi connectivity index (χ1n) is 24.7. The third-order valence-electron chi connectivity index (χ3n) is 13.1. The number of para-hydroxylation sites is 2. The van der Waals surface area contributed by atoms with Gasteiger partial charge in [0.2, 0.25) is 0 Å². The fourth-order valence-electron chi connectivity index (χ4n) is 9.53. The number of nitrogens with zero attached hydrogens (tertiary/aromatic N) is 8. The Labute approximate surface area is 440 Å². The third-order valence-corrected chi connectivity index (χ3v) is 13.4. The van der Waals surface area contributed by atoms with E-state index in [0.717, 1.165) is 113 Å². The minimum Gasteiger partial charge on any atom is -0.399 e. The molecule has 0 amide bonds. The van der Waals surface area contributed by atoms with Gasteiger partial charge in [-0.1, -0.05) is 145 Å². The van der Waals surface area contributed by atoms with Crippen LogP contribution < -0.4 is 11.1 Å². The van der Waals surface area contributed by atoms with Crippen LogP contribution in [0.15, 0.2) is 194 Å². The highest BCUT2D eigenvalue weighted by Crippen LogP contribution is 2.37. The average Bonchev–Trinajstić information content (AvgIpc) is 3.95. The second-order valence-corrected chi connectivity index (χ2v) is 18.4. The number of nitrogen functional groups attached to an aromatic ring is 1. The van der Waals surface area contributed by atoms with E-state index in [9.17, 15) is 10.5 Å². The molecule has 0 spiro atoms. The van der Waals surface area contributed by atoms with E-state index < -0.39 is 0 Å². The van der Waals surface area contributed by atoms with Crippen LogP contribution in [0.1, 0.15) is 36.1 Å². The normalized spacial score (nSPS) is 10.9. The summed E-state index contributed by atoms with van der Waals surface area (Å²) in [6.45, 7) is 9.98. The van der Waals surface area contributed by atoms with Gasteiger partial charge in [-0.3, -0.25) is 0 Å². The lowest BCUT2D eigenvalue weighted by molar-refractivity contribution is 0.804. The summed E-state index contributed by atoms with van der Waals surface area (Å²) in [6.07, 6.45) is 0. The van der Waals surface area contributed by atoms with E-state index in [0.29, 0.717) is 22.4 Å². The van der Waals surface area contributed by atoms with Gasteiger partial charge in [-0.05, 0) is 111 Å². The molecule has 0 atom stereocenters. The van der Waals surface area contributed by atoms with Gasteiger partial charge in [0.25, 0.3) is 0 Å². The number of halogens is 1. The minimum absolute atomic E-state index is 0.495. The number of aryl methyl sites for hydroxylation is 4. The van der Waals surface area contributed by atoms with E-state index >= 15 is 0 Å². The molecule has 0 aliphatic rings. The van der Waals surface area contributed by atoms with Gasteiger partial charge in [-0.25, -0.2) is 19.9 Å². The number of nitriles is 2. The Morgan fingerprint density at radius 1 is 0.480 bits per heavy atom. The average molecular weight is 996 g/mol. The second kappa shape index (κ2) is 21.6. The first kappa shape index (κ1) is 49.0. The summed E-state index contributed by atoms with van der Waals surface area (Å²) in [5, 5.41) is 27.5. The van der Waals surface area contributed by atoms with Gasteiger partial charge in [-0.2, -0.15) is 10.5 Å². The Hall–Kier alpha value is -9.61. The SMILES string of the molecule is CCn1c(-c2ccc(N)cc2)c(C#N)c2ccc(C)cc21.CCn1c(-c2ccc(Nc3nc(-c4ccccc4)nc4ccccc34)cc2)c(C#N)c2ccc(C)cc21.Clc1nc(-c2ccccc2)nc2ccccc12. The Morgan fingerprint density at radius 2 is 0.920 bits per heavy atom. The predicted molar refractivity (Wildman–Crippen MR) is 308 cm³/mol. The van der Waals surface area contributed by atoms with Crippen molar-refractivity contribution in [1.29, 1.82) is 10.5 Å². The number of nitrogens with one attached hydrogen (secondary N) is 1. The molecule has 12 rings (SSSR count). The maximum atomic E-state index is 10.0. The zero-order valence-electron chi connectivity index (χ0n) is 41.9. The molecule has 3 N–H and O–H groups in total. The number of hydrogen-bond acceptors (Lipinski definition) is 8. The number of rotatable bonds is 8.